The highest BCUT2D eigenvalue weighted by Gasteiger charge is 2.56. The van der Waals surface area contributed by atoms with Gasteiger partial charge in [0.05, 0.1) is 0 Å². The predicted molar refractivity (Wildman–Crippen MR) is 163 cm³/mol. The molecule has 1 amide bonds. The van der Waals surface area contributed by atoms with Gasteiger partial charge in [0.1, 0.15) is 23.2 Å². The van der Waals surface area contributed by atoms with Crippen molar-refractivity contribution in [1.29, 1.82) is 0 Å². The van der Waals surface area contributed by atoms with E-state index in [1.165, 1.54) is 15.9 Å². The number of nitrogens with one attached hydrogen (secondary N) is 1. The highest BCUT2D eigenvalue weighted by Crippen LogP contribution is 2.66. The fraction of sp³-hybridized carbons (Fsp3) is 0.0571. The maximum atomic E-state index is 14.4. The highest BCUT2D eigenvalue weighted by atomic mass is 31.2. The SMILES string of the molecule is O=C(NC/C=C/c1ccccc1)C(c1ccccc1)[P+](c1ccccc1)(c1ccccc1)c1ccccc1. The molecule has 0 spiro atoms. The molecule has 0 aliphatic rings. The minimum Gasteiger partial charge on any atom is -0.349 e. The molecular weight excluding hydrogens is 481 g/mol. The van der Waals surface area contributed by atoms with Crippen molar-refractivity contribution in [2.24, 2.45) is 0 Å². The minimum atomic E-state index is -2.48. The van der Waals surface area contributed by atoms with Crippen LogP contribution in [0.2, 0.25) is 0 Å². The van der Waals surface area contributed by atoms with E-state index >= 15 is 0 Å². The Morgan fingerprint density at radius 3 is 1.42 bits per heavy atom. The summed E-state index contributed by atoms with van der Waals surface area (Å²) < 4.78 is 0. The van der Waals surface area contributed by atoms with Crippen molar-refractivity contribution in [3.8, 4) is 0 Å². The first-order chi connectivity index (χ1) is 18.8. The third-order valence-electron chi connectivity index (χ3n) is 6.75. The van der Waals surface area contributed by atoms with E-state index in [1.807, 2.05) is 66.7 Å². The van der Waals surface area contributed by atoms with E-state index in [-0.39, 0.29) is 5.91 Å². The summed E-state index contributed by atoms with van der Waals surface area (Å²) >= 11 is 0. The van der Waals surface area contributed by atoms with Gasteiger partial charge in [-0.1, -0.05) is 127 Å². The van der Waals surface area contributed by atoms with Crippen LogP contribution < -0.4 is 21.2 Å². The van der Waals surface area contributed by atoms with E-state index in [0.29, 0.717) is 6.54 Å². The first kappa shape index (κ1) is 25.4. The molecule has 0 radical (unpaired) electrons. The second kappa shape index (κ2) is 12.3. The lowest BCUT2D eigenvalue weighted by Gasteiger charge is -2.34. The number of carbonyl (C=O) groups excluding carboxylic acids is 1. The average molecular weight is 513 g/mol. The van der Waals surface area contributed by atoms with Crippen LogP contribution in [0.3, 0.4) is 0 Å². The summed E-state index contributed by atoms with van der Waals surface area (Å²) in [6, 6.07) is 52.1. The van der Waals surface area contributed by atoms with Crippen molar-refractivity contribution < 1.29 is 4.79 Å². The summed E-state index contributed by atoms with van der Waals surface area (Å²) in [5.74, 6) is 0.0267. The maximum Gasteiger partial charge on any atom is 0.266 e. The quantitative estimate of drug-likeness (QED) is 0.223. The molecule has 1 unspecified atom stereocenters. The Kier molecular flexibility index (Phi) is 8.23. The van der Waals surface area contributed by atoms with Crippen LogP contribution in [0.25, 0.3) is 6.08 Å². The van der Waals surface area contributed by atoms with Gasteiger partial charge in [-0.25, -0.2) is 0 Å². The Bertz CT molecular complexity index is 1360. The zero-order chi connectivity index (χ0) is 26.0. The molecule has 5 aromatic rings. The zero-order valence-corrected chi connectivity index (χ0v) is 22.1. The molecule has 2 nitrogen and oxygen atoms in total. The number of hydrogen-bond acceptors (Lipinski definition) is 1. The van der Waals surface area contributed by atoms with Gasteiger partial charge in [-0.3, -0.25) is 4.79 Å². The molecule has 0 saturated heterocycles. The molecule has 3 heteroatoms. The van der Waals surface area contributed by atoms with Crippen LogP contribution in [0.15, 0.2) is 158 Å². The van der Waals surface area contributed by atoms with Crippen LogP contribution in [-0.2, 0) is 4.79 Å². The Morgan fingerprint density at radius 2 is 0.974 bits per heavy atom. The van der Waals surface area contributed by atoms with Crippen molar-refractivity contribution in [3.63, 3.8) is 0 Å². The molecule has 0 aromatic heterocycles. The Balaban J connectivity index is 1.67. The minimum absolute atomic E-state index is 0.0267. The van der Waals surface area contributed by atoms with Crippen molar-refractivity contribution in [2.75, 3.05) is 6.54 Å². The molecule has 1 N–H and O–H groups in total. The molecule has 0 heterocycles. The predicted octanol–water partition coefficient (Wildman–Crippen LogP) is 6.55. The van der Waals surface area contributed by atoms with E-state index in [0.717, 1.165) is 11.1 Å². The highest BCUT2D eigenvalue weighted by molar-refractivity contribution is 7.96. The first-order valence-electron chi connectivity index (χ1n) is 12.9. The molecule has 0 aliphatic heterocycles. The van der Waals surface area contributed by atoms with Crippen molar-refractivity contribution in [2.45, 2.75) is 5.66 Å². The number of rotatable bonds is 9. The van der Waals surface area contributed by atoms with E-state index in [9.17, 15) is 4.79 Å². The summed E-state index contributed by atoms with van der Waals surface area (Å²) in [5, 5.41) is 6.81. The van der Waals surface area contributed by atoms with E-state index in [4.69, 9.17) is 0 Å². The molecule has 0 saturated carbocycles. The maximum absolute atomic E-state index is 14.4. The largest absolute Gasteiger partial charge is 0.349 e. The number of carbonyl (C=O) groups is 1. The Morgan fingerprint density at radius 1 is 0.579 bits per heavy atom. The van der Waals surface area contributed by atoms with Crippen LogP contribution in [-0.4, -0.2) is 12.5 Å². The van der Waals surface area contributed by atoms with Gasteiger partial charge in [0, 0.05) is 12.1 Å². The molecule has 0 fully saturated rings. The number of hydrogen-bond donors (Lipinski definition) is 1. The van der Waals surface area contributed by atoms with E-state index in [1.54, 1.807) is 0 Å². The average Bonchev–Trinajstić information content (AvgIpc) is 3.00. The van der Waals surface area contributed by atoms with Gasteiger partial charge < -0.3 is 5.32 Å². The molecule has 0 aliphatic carbocycles. The monoisotopic (exact) mass is 512 g/mol. The molecule has 186 valence electrons. The van der Waals surface area contributed by atoms with Gasteiger partial charge >= 0.3 is 0 Å². The molecule has 38 heavy (non-hydrogen) atoms. The fourth-order valence-electron chi connectivity index (χ4n) is 5.09. The van der Waals surface area contributed by atoms with Crippen molar-refractivity contribution in [3.05, 3.63) is 169 Å². The van der Waals surface area contributed by atoms with Crippen LogP contribution in [0.1, 0.15) is 16.8 Å². The molecule has 5 aromatic carbocycles. The van der Waals surface area contributed by atoms with E-state index < -0.39 is 12.9 Å². The summed E-state index contributed by atoms with van der Waals surface area (Å²) in [6.45, 7) is 0.454. The summed E-state index contributed by atoms with van der Waals surface area (Å²) in [6.07, 6.45) is 4.06. The van der Waals surface area contributed by atoms with Crippen molar-refractivity contribution in [1.82, 2.24) is 5.32 Å². The number of benzene rings is 5. The Hall–Kier alpha value is -4.26. The second-order valence-corrected chi connectivity index (χ2v) is 12.6. The van der Waals surface area contributed by atoms with Crippen molar-refractivity contribution >= 4 is 35.2 Å². The topological polar surface area (TPSA) is 29.1 Å². The molecule has 1 atom stereocenters. The first-order valence-corrected chi connectivity index (χ1v) is 14.8. The summed E-state index contributed by atoms with van der Waals surface area (Å²) in [4.78, 5) is 14.4. The van der Waals surface area contributed by atoms with E-state index in [2.05, 4.69) is 102 Å². The third kappa shape index (κ3) is 5.37. The fourth-order valence-corrected chi connectivity index (χ4v) is 9.86. The standard InChI is InChI=1S/C35H30NOP/c37-35(36-28-16-19-29-17-6-1-7-18-29)34(30-20-8-2-9-21-30)38(31-22-10-3-11-23-31,32-24-12-4-13-25-32)33-26-14-5-15-27-33/h1-27,34H,28H2/p+1/b19-16+. The Labute approximate surface area is 226 Å². The third-order valence-corrected chi connectivity index (χ3v) is 11.4. The van der Waals surface area contributed by atoms with Crippen LogP contribution in [0, 0.1) is 0 Å². The zero-order valence-electron chi connectivity index (χ0n) is 21.2. The lowest BCUT2D eigenvalue weighted by Crippen LogP contribution is -2.42. The van der Waals surface area contributed by atoms with Gasteiger partial charge in [0.15, 0.2) is 5.66 Å². The second-order valence-electron chi connectivity index (χ2n) is 9.10. The molecule has 5 rings (SSSR count). The lowest BCUT2D eigenvalue weighted by molar-refractivity contribution is -0.120. The molecular formula is C35H31NOP+. The smallest absolute Gasteiger partial charge is 0.266 e. The van der Waals surface area contributed by atoms with Crippen LogP contribution in [0.5, 0.6) is 0 Å². The normalized spacial score (nSPS) is 12.2. The van der Waals surface area contributed by atoms with Gasteiger partial charge in [0.25, 0.3) is 5.91 Å². The summed E-state index contributed by atoms with van der Waals surface area (Å²) in [5.41, 5.74) is 1.73. The van der Waals surface area contributed by atoms with Gasteiger partial charge in [-0.15, -0.1) is 0 Å². The van der Waals surface area contributed by atoms with Crippen LogP contribution in [0.4, 0.5) is 0 Å². The lowest BCUT2D eigenvalue weighted by atomic mass is 10.1. The van der Waals surface area contributed by atoms with Gasteiger partial charge in [0.2, 0.25) is 0 Å². The van der Waals surface area contributed by atoms with Gasteiger partial charge in [-0.2, -0.15) is 0 Å². The number of amides is 1. The molecule has 0 bridgehead atoms. The van der Waals surface area contributed by atoms with Crippen LogP contribution >= 0.6 is 7.26 Å². The summed E-state index contributed by atoms with van der Waals surface area (Å²) in [7, 11) is -2.48. The van der Waals surface area contributed by atoms with Gasteiger partial charge in [-0.05, 0) is 42.0 Å².